The van der Waals surface area contributed by atoms with Crippen molar-refractivity contribution in [2.75, 3.05) is 0 Å². The van der Waals surface area contributed by atoms with E-state index in [1.807, 2.05) is 0 Å². The number of carbonyl (C=O) groups excluding carboxylic acids is 1. The molecule has 0 aromatic carbocycles. The number of hydrogen-bond acceptors (Lipinski definition) is 9. The third-order valence-corrected chi connectivity index (χ3v) is 3.63. The maximum absolute atomic E-state index is 11.8. The first kappa shape index (κ1) is 12.2. The van der Waals surface area contributed by atoms with Crippen molar-refractivity contribution in [3.63, 3.8) is 0 Å². The van der Waals surface area contributed by atoms with Gasteiger partial charge in [-0.2, -0.15) is 0 Å². The van der Waals surface area contributed by atoms with E-state index in [4.69, 9.17) is 0 Å². The highest BCUT2D eigenvalue weighted by Gasteiger charge is 2.23. The number of rotatable bonds is 4. The fourth-order valence-corrected chi connectivity index (χ4v) is 2.41. The summed E-state index contributed by atoms with van der Waals surface area (Å²) in [5, 5.41) is 20.1. The van der Waals surface area contributed by atoms with Crippen molar-refractivity contribution in [1.82, 2.24) is 9.97 Å². The molecule has 2 aromatic rings. The van der Waals surface area contributed by atoms with Crippen LogP contribution in [0.4, 0.5) is 10.0 Å². The molecule has 18 heavy (non-hydrogen) atoms. The van der Waals surface area contributed by atoms with Crippen LogP contribution in [0.3, 0.4) is 0 Å². The van der Waals surface area contributed by atoms with Gasteiger partial charge in [0.25, 0.3) is 0 Å². The monoisotopic (exact) mass is 286 g/mol. The molecule has 0 unspecified atom stereocenters. The highest BCUT2D eigenvalue weighted by atomic mass is 32.1. The second-order valence-corrected chi connectivity index (χ2v) is 4.87. The molecule has 0 spiro atoms. The van der Waals surface area contributed by atoms with Gasteiger partial charge in [0.2, 0.25) is 5.78 Å². The lowest BCUT2D eigenvalue weighted by Gasteiger charge is -1.87. The van der Waals surface area contributed by atoms with Crippen LogP contribution in [0.15, 0.2) is 12.4 Å². The maximum Gasteiger partial charge on any atom is 0.344 e. The summed E-state index contributed by atoms with van der Waals surface area (Å²) in [6, 6.07) is 0. The molecule has 92 valence electrons. The standard InChI is InChI=1S/C7H2N4O5S2/c12-5(6-8-1-3(17-6)10(13)14)7-9-2-4(18-7)11(15)16/h1-2H. The smallest absolute Gasteiger partial charge is 0.283 e. The van der Waals surface area contributed by atoms with Crippen molar-refractivity contribution in [2.45, 2.75) is 0 Å². The molecular formula is C7H2N4O5S2. The third-order valence-electron chi connectivity index (χ3n) is 1.74. The Kier molecular flexibility index (Phi) is 3.08. The fourth-order valence-electron chi connectivity index (χ4n) is 1.00. The Morgan fingerprint density at radius 2 is 1.39 bits per heavy atom. The van der Waals surface area contributed by atoms with Crippen LogP contribution in [0.2, 0.25) is 0 Å². The summed E-state index contributed by atoms with van der Waals surface area (Å²) < 4.78 is 0. The third kappa shape index (κ3) is 2.21. The molecule has 0 aliphatic rings. The van der Waals surface area contributed by atoms with Gasteiger partial charge in [0.15, 0.2) is 10.0 Å². The molecule has 0 radical (unpaired) electrons. The largest absolute Gasteiger partial charge is 0.344 e. The summed E-state index contributed by atoms with van der Waals surface area (Å²) in [6.07, 6.45) is 1.92. The lowest BCUT2D eigenvalue weighted by molar-refractivity contribution is -0.380. The van der Waals surface area contributed by atoms with Gasteiger partial charge in [0, 0.05) is 0 Å². The van der Waals surface area contributed by atoms with Crippen LogP contribution < -0.4 is 0 Å². The first-order valence-electron chi connectivity index (χ1n) is 4.24. The van der Waals surface area contributed by atoms with Crippen molar-refractivity contribution in [2.24, 2.45) is 0 Å². The lowest BCUT2D eigenvalue weighted by Crippen LogP contribution is -1.98. The number of aromatic nitrogens is 2. The number of thiazole rings is 2. The van der Waals surface area contributed by atoms with Crippen molar-refractivity contribution in [1.29, 1.82) is 0 Å². The molecule has 9 nitrogen and oxygen atoms in total. The summed E-state index contributed by atoms with van der Waals surface area (Å²) in [6.45, 7) is 0. The van der Waals surface area contributed by atoms with Crippen LogP contribution in [0, 0.1) is 20.2 Å². The SMILES string of the molecule is O=C(c1ncc([N+](=O)[O-])s1)c1ncc([N+](=O)[O-])s1. The summed E-state index contributed by atoms with van der Waals surface area (Å²) >= 11 is 1.20. The minimum absolute atomic E-state index is 0.119. The van der Waals surface area contributed by atoms with Gasteiger partial charge in [-0.1, -0.05) is 0 Å². The normalized spacial score (nSPS) is 10.2. The van der Waals surface area contributed by atoms with Gasteiger partial charge in [-0.25, -0.2) is 9.97 Å². The van der Waals surface area contributed by atoms with Gasteiger partial charge in [0.05, 0.1) is 9.85 Å². The molecule has 0 aliphatic carbocycles. The minimum Gasteiger partial charge on any atom is -0.283 e. The van der Waals surface area contributed by atoms with Gasteiger partial charge in [0.1, 0.15) is 12.4 Å². The van der Waals surface area contributed by atoms with Crippen LogP contribution in [0.5, 0.6) is 0 Å². The lowest BCUT2D eigenvalue weighted by atomic mass is 10.4. The number of nitro groups is 2. The van der Waals surface area contributed by atoms with Gasteiger partial charge < -0.3 is 0 Å². The highest BCUT2D eigenvalue weighted by Crippen LogP contribution is 2.27. The molecule has 2 heterocycles. The first-order chi connectivity index (χ1) is 8.49. The molecule has 11 heteroatoms. The van der Waals surface area contributed by atoms with E-state index in [1.165, 1.54) is 0 Å². The summed E-state index contributed by atoms with van der Waals surface area (Å²) in [5.41, 5.74) is 0. The zero-order valence-corrected chi connectivity index (χ0v) is 9.93. The van der Waals surface area contributed by atoms with E-state index in [9.17, 15) is 25.0 Å². The molecule has 0 aliphatic heterocycles. The van der Waals surface area contributed by atoms with Crippen molar-refractivity contribution < 1.29 is 14.6 Å². The number of nitrogens with zero attached hydrogens (tertiary/aromatic N) is 4. The summed E-state index contributed by atoms with van der Waals surface area (Å²) in [7, 11) is 0. The van der Waals surface area contributed by atoms with Gasteiger partial charge in [-0.15, -0.1) is 0 Å². The highest BCUT2D eigenvalue weighted by molar-refractivity contribution is 7.20. The van der Waals surface area contributed by atoms with E-state index in [0.29, 0.717) is 22.7 Å². The molecule has 0 atom stereocenters. The number of hydrogen-bond donors (Lipinski definition) is 0. The zero-order chi connectivity index (χ0) is 13.3. The Morgan fingerprint density at radius 1 is 1.00 bits per heavy atom. The van der Waals surface area contributed by atoms with Crippen LogP contribution in [-0.2, 0) is 0 Å². The van der Waals surface area contributed by atoms with Crippen molar-refractivity contribution in [3.05, 3.63) is 42.6 Å². The molecule has 0 fully saturated rings. The van der Waals surface area contributed by atoms with E-state index in [-0.39, 0.29) is 20.0 Å². The predicted molar refractivity (Wildman–Crippen MR) is 61.0 cm³/mol. The first-order valence-corrected chi connectivity index (χ1v) is 5.87. The van der Waals surface area contributed by atoms with Crippen LogP contribution in [-0.4, -0.2) is 25.6 Å². The van der Waals surface area contributed by atoms with E-state index in [2.05, 4.69) is 9.97 Å². The van der Waals surface area contributed by atoms with Crippen molar-refractivity contribution >= 4 is 38.5 Å². The Morgan fingerprint density at radius 3 is 1.67 bits per heavy atom. The second kappa shape index (κ2) is 4.54. The maximum atomic E-state index is 11.8. The van der Waals surface area contributed by atoms with Gasteiger partial charge in [-0.3, -0.25) is 25.0 Å². The number of carbonyl (C=O) groups is 1. The van der Waals surface area contributed by atoms with E-state index in [0.717, 1.165) is 12.4 Å². The molecular weight excluding hydrogens is 284 g/mol. The van der Waals surface area contributed by atoms with E-state index < -0.39 is 15.6 Å². The Bertz CT molecular complexity index is 594. The Balaban J connectivity index is 2.29. The second-order valence-electron chi connectivity index (χ2n) is 2.85. The summed E-state index contributed by atoms with van der Waals surface area (Å²) in [5.74, 6) is -0.661. The zero-order valence-electron chi connectivity index (χ0n) is 8.30. The average Bonchev–Trinajstić information content (AvgIpc) is 2.97. The van der Waals surface area contributed by atoms with E-state index >= 15 is 0 Å². The van der Waals surface area contributed by atoms with Crippen LogP contribution in [0.1, 0.15) is 14.8 Å². The van der Waals surface area contributed by atoms with E-state index in [1.54, 1.807) is 0 Å². The van der Waals surface area contributed by atoms with Crippen LogP contribution in [0.25, 0.3) is 0 Å². The fraction of sp³-hybridized carbons (Fsp3) is 0. The molecule has 0 N–H and O–H groups in total. The average molecular weight is 286 g/mol. The van der Waals surface area contributed by atoms with Crippen LogP contribution >= 0.6 is 22.7 Å². The molecule has 2 aromatic heterocycles. The van der Waals surface area contributed by atoms with Crippen molar-refractivity contribution in [3.8, 4) is 0 Å². The van der Waals surface area contributed by atoms with Gasteiger partial charge >= 0.3 is 10.0 Å². The van der Waals surface area contributed by atoms with Gasteiger partial charge in [-0.05, 0) is 22.7 Å². The Hall–Kier alpha value is -2.27. The molecule has 0 amide bonds. The molecule has 0 saturated heterocycles. The molecule has 2 rings (SSSR count). The molecule has 0 saturated carbocycles. The quantitative estimate of drug-likeness (QED) is 0.474. The number of ketones is 1. The summed E-state index contributed by atoms with van der Waals surface area (Å²) in [4.78, 5) is 38.5. The molecule has 0 bridgehead atoms. The minimum atomic E-state index is -0.668. The predicted octanol–water partition coefficient (Wildman–Crippen LogP) is 1.65. The Labute approximate surface area is 106 Å². The topological polar surface area (TPSA) is 129 Å².